The molecule has 1 atom stereocenters. The second-order valence-electron chi connectivity index (χ2n) is 5.96. The minimum atomic E-state index is -0.499. The standard InChI is InChI=1S/C15H18N2O/c1-15(2)7-11-13(12(18)8-15)14(16)9-5-3-4-6-10(9)17-11/h3-6,12,18H,7-8H2,1-2H3,(H2,16,17)/t12-/m0/s1. The Hall–Kier alpha value is -1.61. The number of pyridine rings is 1. The third kappa shape index (κ3) is 1.66. The quantitative estimate of drug-likeness (QED) is 0.746. The first kappa shape index (κ1) is 11.5. The van der Waals surface area contributed by atoms with Gasteiger partial charge in [-0.25, -0.2) is 0 Å². The van der Waals surface area contributed by atoms with Crippen LogP contribution in [0.5, 0.6) is 0 Å². The highest BCUT2D eigenvalue weighted by Crippen LogP contribution is 2.43. The van der Waals surface area contributed by atoms with E-state index in [4.69, 9.17) is 5.73 Å². The number of hydrogen-bond donors (Lipinski definition) is 2. The number of nitrogen functional groups attached to an aromatic ring is 1. The van der Waals surface area contributed by atoms with Gasteiger partial charge in [0.25, 0.3) is 0 Å². The maximum atomic E-state index is 10.3. The fourth-order valence-electron chi connectivity index (χ4n) is 2.96. The van der Waals surface area contributed by atoms with Crippen LogP contribution in [0.15, 0.2) is 24.3 Å². The summed E-state index contributed by atoms with van der Waals surface area (Å²) in [5, 5.41) is 11.3. The molecule has 0 fully saturated rings. The number of aliphatic hydroxyl groups excluding tert-OH is 1. The van der Waals surface area contributed by atoms with Crippen LogP contribution in [0.25, 0.3) is 10.9 Å². The van der Waals surface area contributed by atoms with Crippen molar-refractivity contribution in [1.29, 1.82) is 0 Å². The normalized spacial score (nSPS) is 21.8. The number of benzene rings is 1. The summed E-state index contributed by atoms with van der Waals surface area (Å²) in [6.07, 6.45) is 1.11. The van der Waals surface area contributed by atoms with Crippen molar-refractivity contribution in [1.82, 2.24) is 4.98 Å². The highest BCUT2D eigenvalue weighted by Gasteiger charge is 2.34. The average molecular weight is 242 g/mol. The van der Waals surface area contributed by atoms with E-state index in [0.29, 0.717) is 5.69 Å². The largest absolute Gasteiger partial charge is 0.398 e. The molecule has 1 aliphatic rings. The van der Waals surface area contributed by atoms with Crippen LogP contribution in [0, 0.1) is 5.41 Å². The van der Waals surface area contributed by atoms with Gasteiger partial charge >= 0.3 is 0 Å². The molecule has 0 amide bonds. The number of nitrogens with zero attached hydrogens (tertiary/aromatic N) is 1. The van der Waals surface area contributed by atoms with Crippen LogP contribution < -0.4 is 5.73 Å². The summed E-state index contributed by atoms with van der Waals surface area (Å²) in [6.45, 7) is 4.32. The zero-order valence-corrected chi connectivity index (χ0v) is 10.8. The van der Waals surface area contributed by atoms with E-state index in [0.717, 1.165) is 35.0 Å². The van der Waals surface area contributed by atoms with Crippen LogP contribution in [0.4, 0.5) is 5.69 Å². The van der Waals surface area contributed by atoms with Gasteiger partial charge in [-0.15, -0.1) is 0 Å². The molecule has 0 spiro atoms. The predicted molar refractivity (Wildman–Crippen MR) is 73.2 cm³/mol. The van der Waals surface area contributed by atoms with Gasteiger partial charge in [0.15, 0.2) is 0 Å². The molecule has 0 radical (unpaired) electrons. The Bertz CT molecular complexity index is 619. The predicted octanol–water partition coefficient (Wildman–Crippen LogP) is 2.82. The van der Waals surface area contributed by atoms with Crippen LogP contribution in [-0.4, -0.2) is 10.1 Å². The molecular formula is C15H18N2O. The van der Waals surface area contributed by atoms with Gasteiger partial charge in [-0.2, -0.15) is 0 Å². The minimum absolute atomic E-state index is 0.0777. The summed E-state index contributed by atoms with van der Waals surface area (Å²) >= 11 is 0. The molecule has 0 saturated carbocycles. The Morgan fingerprint density at radius 2 is 2.06 bits per heavy atom. The number of anilines is 1. The number of aliphatic hydroxyl groups is 1. The van der Waals surface area contributed by atoms with Crippen molar-refractivity contribution in [3.63, 3.8) is 0 Å². The third-order valence-electron chi connectivity index (χ3n) is 3.78. The molecule has 3 heteroatoms. The Morgan fingerprint density at radius 1 is 1.33 bits per heavy atom. The van der Waals surface area contributed by atoms with E-state index in [2.05, 4.69) is 18.8 Å². The van der Waals surface area contributed by atoms with E-state index in [-0.39, 0.29) is 5.41 Å². The van der Waals surface area contributed by atoms with Gasteiger partial charge in [-0.05, 0) is 24.3 Å². The highest BCUT2D eigenvalue weighted by molar-refractivity contribution is 5.92. The fraction of sp³-hybridized carbons (Fsp3) is 0.400. The van der Waals surface area contributed by atoms with Gasteiger partial charge in [0.1, 0.15) is 0 Å². The Balaban J connectivity index is 2.30. The summed E-state index contributed by atoms with van der Waals surface area (Å²) in [4.78, 5) is 4.68. The van der Waals surface area contributed by atoms with E-state index in [9.17, 15) is 5.11 Å². The Kier molecular flexibility index (Phi) is 2.35. The maximum Gasteiger partial charge on any atom is 0.0833 e. The van der Waals surface area contributed by atoms with Crippen molar-refractivity contribution < 1.29 is 5.11 Å². The summed E-state index contributed by atoms with van der Waals surface area (Å²) in [5.41, 5.74) is 9.70. The second-order valence-corrected chi connectivity index (χ2v) is 5.96. The summed E-state index contributed by atoms with van der Waals surface area (Å²) < 4.78 is 0. The van der Waals surface area contributed by atoms with E-state index >= 15 is 0 Å². The van der Waals surface area contributed by atoms with Crippen molar-refractivity contribution in [2.75, 3.05) is 5.73 Å². The molecule has 3 rings (SSSR count). The maximum absolute atomic E-state index is 10.3. The van der Waals surface area contributed by atoms with Crippen molar-refractivity contribution >= 4 is 16.6 Å². The summed E-state index contributed by atoms with van der Waals surface area (Å²) in [7, 11) is 0. The molecule has 1 aromatic carbocycles. The molecule has 94 valence electrons. The van der Waals surface area contributed by atoms with Gasteiger partial charge in [0.05, 0.1) is 11.6 Å². The summed E-state index contributed by atoms with van der Waals surface area (Å²) in [5.74, 6) is 0. The van der Waals surface area contributed by atoms with E-state index in [1.807, 2.05) is 24.3 Å². The average Bonchev–Trinajstić information content (AvgIpc) is 2.26. The molecular weight excluding hydrogens is 224 g/mol. The molecule has 3 N–H and O–H groups in total. The molecule has 0 bridgehead atoms. The van der Waals surface area contributed by atoms with Crippen molar-refractivity contribution in [2.45, 2.75) is 32.8 Å². The van der Waals surface area contributed by atoms with Crippen LogP contribution in [0.1, 0.15) is 37.6 Å². The molecule has 2 aromatic rings. The number of fused-ring (bicyclic) bond motifs is 2. The third-order valence-corrected chi connectivity index (χ3v) is 3.78. The lowest BCUT2D eigenvalue weighted by molar-refractivity contribution is 0.0992. The molecule has 18 heavy (non-hydrogen) atoms. The van der Waals surface area contributed by atoms with Crippen molar-refractivity contribution in [2.24, 2.45) is 5.41 Å². The minimum Gasteiger partial charge on any atom is -0.398 e. The lowest BCUT2D eigenvalue weighted by atomic mass is 9.74. The van der Waals surface area contributed by atoms with Crippen molar-refractivity contribution in [3.8, 4) is 0 Å². The van der Waals surface area contributed by atoms with Gasteiger partial charge < -0.3 is 10.8 Å². The zero-order chi connectivity index (χ0) is 12.9. The fourth-order valence-corrected chi connectivity index (χ4v) is 2.96. The van der Waals surface area contributed by atoms with Crippen LogP contribution in [0.3, 0.4) is 0 Å². The SMILES string of the molecule is CC1(C)Cc2nc3ccccc3c(N)c2[C@@H](O)C1. The first-order valence-corrected chi connectivity index (χ1v) is 6.33. The molecule has 1 aliphatic carbocycles. The smallest absolute Gasteiger partial charge is 0.0833 e. The first-order valence-electron chi connectivity index (χ1n) is 6.33. The van der Waals surface area contributed by atoms with Gasteiger partial charge in [0, 0.05) is 22.3 Å². The van der Waals surface area contributed by atoms with Crippen LogP contribution in [-0.2, 0) is 6.42 Å². The number of nitrogens with two attached hydrogens (primary N) is 1. The molecule has 0 saturated heterocycles. The molecule has 0 aliphatic heterocycles. The molecule has 0 unspecified atom stereocenters. The monoisotopic (exact) mass is 242 g/mol. The number of aromatic nitrogens is 1. The lowest BCUT2D eigenvalue weighted by Crippen LogP contribution is -2.27. The topological polar surface area (TPSA) is 59.1 Å². The second kappa shape index (κ2) is 3.69. The van der Waals surface area contributed by atoms with E-state index < -0.39 is 6.10 Å². The van der Waals surface area contributed by atoms with Gasteiger partial charge in [-0.3, -0.25) is 4.98 Å². The van der Waals surface area contributed by atoms with E-state index in [1.165, 1.54) is 0 Å². The lowest BCUT2D eigenvalue weighted by Gasteiger charge is -2.34. The molecule has 1 heterocycles. The van der Waals surface area contributed by atoms with Gasteiger partial charge in [0.2, 0.25) is 0 Å². The Labute approximate surface area is 107 Å². The Morgan fingerprint density at radius 3 is 2.83 bits per heavy atom. The van der Waals surface area contributed by atoms with Crippen LogP contribution >= 0.6 is 0 Å². The van der Waals surface area contributed by atoms with Crippen LogP contribution in [0.2, 0.25) is 0 Å². The summed E-state index contributed by atoms with van der Waals surface area (Å²) in [6, 6.07) is 7.85. The van der Waals surface area contributed by atoms with Crippen molar-refractivity contribution in [3.05, 3.63) is 35.5 Å². The van der Waals surface area contributed by atoms with Gasteiger partial charge in [-0.1, -0.05) is 32.0 Å². The number of rotatable bonds is 0. The number of hydrogen-bond acceptors (Lipinski definition) is 3. The zero-order valence-electron chi connectivity index (χ0n) is 10.8. The number of para-hydroxylation sites is 1. The molecule has 1 aromatic heterocycles. The highest BCUT2D eigenvalue weighted by atomic mass is 16.3. The first-order chi connectivity index (χ1) is 8.48. The van der Waals surface area contributed by atoms with E-state index in [1.54, 1.807) is 0 Å². The molecule has 3 nitrogen and oxygen atoms in total.